The molecule has 0 N–H and O–H groups in total. The number of benzene rings is 1. The summed E-state index contributed by atoms with van der Waals surface area (Å²) < 4.78 is 20.2. The van der Waals surface area contributed by atoms with E-state index in [1.165, 1.54) is 26.4 Å². The molecule has 0 aliphatic carbocycles. The minimum atomic E-state index is -0.697. The Balaban J connectivity index is 3.10. The number of hydrogen-bond donors (Lipinski definition) is 0. The Hall–Kier alpha value is -2.57. The predicted octanol–water partition coefficient (Wildman–Crippen LogP) is 2.01. The Labute approximate surface area is 134 Å². The summed E-state index contributed by atoms with van der Waals surface area (Å²) in [5.41, 5.74) is -0.700. The maximum atomic E-state index is 11.7. The Bertz CT molecular complexity index is 599. The molecule has 1 aromatic rings. The molecule has 0 atom stereocenters. The molecule has 7 heteroatoms. The lowest BCUT2D eigenvalue weighted by Gasteiger charge is -2.20. The minimum Gasteiger partial charge on any atom is -0.493 e. The van der Waals surface area contributed by atoms with Crippen molar-refractivity contribution in [1.29, 1.82) is 0 Å². The number of methoxy groups -OCH3 is 2. The molecule has 0 fully saturated rings. The van der Waals surface area contributed by atoms with Gasteiger partial charge < -0.3 is 18.9 Å². The Morgan fingerprint density at radius 3 is 2.30 bits per heavy atom. The summed E-state index contributed by atoms with van der Waals surface area (Å²) in [7, 11) is 2.57. The minimum absolute atomic E-state index is 0.0162. The third-order valence-corrected chi connectivity index (χ3v) is 2.66. The number of aldehydes is 1. The third kappa shape index (κ3) is 4.98. The lowest BCUT2D eigenvalue weighted by Crippen LogP contribution is -2.27. The third-order valence-electron chi connectivity index (χ3n) is 2.66. The number of ether oxygens (including phenoxy) is 4. The van der Waals surface area contributed by atoms with Crippen LogP contribution in [0.4, 0.5) is 0 Å². The molecule has 1 aromatic carbocycles. The van der Waals surface area contributed by atoms with E-state index in [0.29, 0.717) is 6.29 Å². The van der Waals surface area contributed by atoms with E-state index in [1.54, 1.807) is 20.8 Å². The van der Waals surface area contributed by atoms with Crippen LogP contribution >= 0.6 is 0 Å². The lowest BCUT2D eigenvalue weighted by atomic mass is 10.1. The molecule has 0 heterocycles. The highest BCUT2D eigenvalue weighted by Crippen LogP contribution is 2.33. The maximum absolute atomic E-state index is 11.7. The van der Waals surface area contributed by atoms with Crippen molar-refractivity contribution in [3.63, 3.8) is 0 Å². The van der Waals surface area contributed by atoms with Crippen molar-refractivity contribution >= 4 is 18.2 Å². The number of rotatable bonds is 6. The Morgan fingerprint density at radius 1 is 1.17 bits per heavy atom. The van der Waals surface area contributed by atoms with Gasteiger partial charge in [-0.05, 0) is 32.9 Å². The van der Waals surface area contributed by atoms with Gasteiger partial charge in [0, 0.05) is 0 Å². The molecule has 0 aliphatic heterocycles. The fourth-order valence-electron chi connectivity index (χ4n) is 1.80. The molecular formula is C16H20O7. The second kappa shape index (κ2) is 7.62. The van der Waals surface area contributed by atoms with Gasteiger partial charge in [0.2, 0.25) is 0 Å². The highest BCUT2D eigenvalue weighted by molar-refractivity contribution is 6.00. The summed E-state index contributed by atoms with van der Waals surface area (Å²) in [6.07, 6.45) is 0.444. The molecule has 0 aromatic heterocycles. The summed E-state index contributed by atoms with van der Waals surface area (Å²) in [6.45, 7) is 4.74. The van der Waals surface area contributed by atoms with Crippen molar-refractivity contribution in [2.45, 2.75) is 26.4 Å². The van der Waals surface area contributed by atoms with Crippen LogP contribution in [0, 0.1) is 0 Å². The molecule has 1 rings (SSSR count). The summed E-state index contributed by atoms with van der Waals surface area (Å²) in [5.74, 6) is -1.11. The van der Waals surface area contributed by atoms with Gasteiger partial charge in [-0.1, -0.05) is 0 Å². The SMILES string of the molecule is COC(=O)c1ccc(OC)c(OCC(=O)OC(C)(C)C)c1C=O. The van der Waals surface area contributed by atoms with E-state index in [4.69, 9.17) is 14.2 Å². The van der Waals surface area contributed by atoms with Gasteiger partial charge in [-0.25, -0.2) is 9.59 Å². The molecule has 0 aliphatic rings. The molecule has 0 amide bonds. The van der Waals surface area contributed by atoms with Crippen molar-refractivity contribution < 1.29 is 33.3 Å². The fourth-order valence-corrected chi connectivity index (χ4v) is 1.80. The summed E-state index contributed by atoms with van der Waals surface area (Å²) in [6, 6.07) is 2.83. The van der Waals surface area contributed by atoms with E-state index in [9.17, 15) is 14.4 Å². The first-order chi connectivity index (χ1) is 10.7. The number of esters is 2. The van der Waals surface area contributed by atoms with Gasteiger partial charge in [0.1, 0.15) is 5.60 Å². The van der Waals surface area contributed by atoms with E-state index in [0.717, 1.165) is 0 Å². The van der Waals surface area contributed by atoms with Gasteiger partial charge in [-0.3, -0.25) is 4.79 Å². The molecule has 126 valence electrons. The lowest BCUT2D eigenvalue weighted by molar-refractivity contribution is -0.157. The van der Waals surface area contributed by atoms with Gasteiger partial charge in [0.05, 0.1) is 25.3 Å². The zero-order chi connectivity index (χ0) is 17.6. The molecule has 0 saturated carbocycles. The highest BCUT2D eigenvalue weighted by Gasteiger charge is 2.22. The van der Waals surface area contributed by atoms with Crippen molar-refractivity contribution in [3.8, 4) is 11.5 Å². The van der Waals surface area contributed by atoms with Crippen LogP contribution < -0.4 is 9.47 Å². The van der Waals surface area contributed by atoms with Crippen molar-refractivity contribution in [3.05, 3.63) is 23.3 Å². The van der Waals surface area contributed by atoms with Crippen LogP contribution in [-0.2, 0) is 14.3 Å². The van der Waals surface area contributed by atoms with Gasteiger partial charge in [-0.2, -0.15) is 0 Å². The second-order valence-corrected chi connectivity index (χ2v) is 5.54. The van der Waals surface area contributed by atoms with Crippen LogP contribution in [0.15, 0.2) is 12.1 Å². The van der Waals surface area contributed by atoms with Crippen molar-refractivity contribution in [2.75, 3.05) is 20.8 Å². The first kappa shape index (κ1) is 18.5. The second-order valence-electron chi connectivity index (χ2n) is 5.54. The molecule has 0 spiro atoms. The summed E-state index contributed by atoms with van der Waals surface area (Å²) >= 11 is 0. The average Bonchev–Trinajstić information content (AvgIpc) is 2.49. The van der Waals surface area contributed by atoms with E-state index in [2.05, 4.69) is 4.74 Å². The van der Waals surface area contributed by atoms with Crippen LogP contribution in [0.5, 0.6) is 11.5 Å². The predicted molar refractivity (Wildman–Crippen MR) is 81.1 cm³/mol. The quantitative estimate of drug-likeness (QED) is 0.584. The van der Waals surface area contributed by atoms with E-state index in [1.807, 2.05) is 0 Å². The summed E-state index contributed by atoms with van der Waals surface area (Å²) in [5, 5.41) is 0. The van der Waals surface area contributed by atoms with Gasteiger partial charge in [-0.15, -0.1) is 0 Å². The Morgan fingerprint density at radius 2 is 1.83 bits per heavy atom. The van der Waals surface area contributed by atoms with Crippen LogP contribution in [0.1, 0.15) is 41.5 Å². The summed E-state index contributed by atoms with van der Waals surface area (Å²) in [4.78, 5) is 34.8. The van der Waals surface area contributed by atoms with Crippen molar-refractivity contribution in [1.82, 2.24) is 0 Å². The fraction of sp³-hybridized carbons (Fsp3) is 0.438. The average molecular weight is 324 g/mol. The zero-order valence-corrected chi connectivity index (χ0v) is 13.8. The molecule has 0 bridgehead atoms. The molecule has 23 heavy (non-hydrogen) atoms. The van der Waals surface area contributed by atoms with Gasteiger partial charge in [0.15, 0.2) is 24.4 Å². The van der Waals surface area contributed by atoms with Crippen LogP contribution in [0.3, 0.4) is 0 Å². The van der Waals surface area contributed by atoms with Crippen LogP contribution in [0.25, 0.3) is 0 Å². The standard InChI is InChI=1S/C16H20O7/c1-16(2,3)23-13(18)9-22-14-11(8-17)10(15(19)21-5)6-7-12(14)20-4/h6-8H,9H2,1-5H3. The van der Waals surface area contributed by atoms with E-state index < -0.39 is 24.1 Å². The maximum Gasteiger partial charge on any atom is 0.344 e. The topological polar surface area (TPSA) is 88.1 Å². The molecular weight excluding hydrogens is 304 g/mol. The van der Waals surface area contributed by atoms with Gasteiger partial charge >= 0.3 is 11.9 Å². The molecule has 0 saturated heterocycles. The smallest absolute Gasteiger partial charge is 0.344 e. The van der Waals surface area contributed by atoms with E-state index >= 15 is 0 Å². The number of hydrogen-bond acceptors (Lipinski definition) is 7. The van der Waals surface area contributed by atoms with Crippen LogP contribution in [0.2, 0.25) is 0 Å². The van der Waals surface area contributed by atoms with Crippen molar-refractivity contribution in [2.24, 2.45) is 0 Å². The first-order valence-electron chi connectivity index (χ1n) is 6.82. The largest absolute Gasteiger partial charge is 0.493 e. The Kier molecular flexibility index (Phi) is 6.12. The van der Waals surface area contributed by atoms with Crippen LogP contribution in [-0.4, -0.2) is 44.7 Å². The molecule has 7 nitrogen and oxygen atoms in total. The highest BCUT2D eigenvalue weighted by atomic mass is 16.6. The molecule has 0 unspecified atom stereocenters. The molecule has 0 radical (unpaired) electrons. The first-order valence-corrected chi connectivity index (χ1v) is 6.82. The van der Waals surface area contributed by atoms with Gasteiger partial charge in [0.25, 0.3) is 0 Å². The monoisotopic (exact) mass is 324 g/mol. The normalized spacial score (nSPS) is 10.7. The zero-order valence-electron chi connectivity index (χ0n) is 13.8. The van der Waals surface area contributed by atoms with E-state index in [-0.39, 0.29) is 22.6 Å². The number of carbonyl (C=O) groups is 3. The number of carbonyl (C=O) groups excluding carboxylic acids is 3.